The summed E-state index contributed by atoms with van der Waals surface area (Å²) in [5.74, 6) is 3.92. The molecule has 0 heterocycles. The summed E-state index contributed by atoms with van der Waals surface area (Å²) in [6, 6.07) is 13.6. The van der Waals surface area contributed by atoms with E-state index in [1.807, 2.05) is 14.2 Å². The molecule has 6 rings (SSSR count). The molecule has 4 heteroatoms. The van der Waals surface area contributed by atoms with Crippen LogP contribution in [0, 0.1) is 11.8 Å². The normalized spacial score (nSPS) is 23.9. The monoisotopic (exact) mass is 494 g/mol. The number of rotatable bonds is 9. The van der Waals surface area contributed by atoms with Crippen molar-refractivity contribution in [2.75, 3.05) is 14.2 Å². The molecule has 34 heavy (non-hydrogen) atoms. The van der Waals surface area contributed by atoms with Gasteiger partial charge in [0.05, 0.1) is 14.2 Å². The summed E-state index contributed by atoms with van der Waals surface area (Å²) in [5.41, 5.74) is 2.66. The van der Waals surface area contributed by atoms with Crippen molar-refractivity contribution in [1.29, 1.82) is 0 Å². The lowest BCUT2D eigenvalue weighted by Crippen LogP contribution is -2.45. The lowest BCUT2D eigenvalue weighted by atomic mass is 9.66. The maximum atomic E-state index is 6.06. The highest BCUT2D eigenvalue weighted by Gasteiger charge is 2.48. The summed E-state index contributed by atoms with van der Waals surface area (Å²) >= 11 is 0. The molecule has 0 aliphatic heterocycles. The van der Waals surface area contributed by atoms with E-state index < -0.39 is 0 Å². The summed E-state index contributed by atoms with van der Waals surface area (Å²) < 4.78 is 12.1. The SMILES string of the molecule is COc1cccc(PC2(C3CCC3)CCC2)c1-c1c(OC)cccc1PC1(C2CCC2)CCC1. The molecule has 0 amide bonds. The maximum Gasteiger partial charge on any atom is 0.127 e. The fourth-order valence-corrected chi connectivity index (χ4v) is 11.3. The molecular formula is C30H40O2P2. The minimum Gasteiger partial charge on any atom is -0.496 e. The van der Waals surface area contributed by atoms with Gasteiger partial charge in [0.2, 0.25) is 0 Å². The Morgan fingerprint density at radius 3 is 1.29 bits per heavy atom. The van der Waals surface area contributed by atoms with Crippen molar-refractivity contribution in [3.05, 3.63) is 36.4 Å². The van der Waals surface area contributed by atoms with Crippen molar-refractivity contribution in [3.63, 3.8) is 0 Å². The first-order valence-electron chi connectivity index (χ1n) is 13.6. The molecule has 2 unspecified atom stereocenters. The third-order valence-corrected chi connectivity index (χ3v) is 14.0. The van der Waals surface area contributed by atoms with Gasteiger partial charge in [-0.2, -0.15) is 0 Å². The average Bonchev–Trinajstić information content (AvgIpc) is 2.73. The zero-order chi connectivity index (χ0) is 23.2. The Bertz CT molecular complexity index is 949. The summed E-state index contributed by atoms with van der Waals surface area (Å²) in [7, 11) is 5.42. The molecule has 0 N–H and O–H groups in total. The van der Waals surface area contributed by atoms with Crippen molar-refractivity contribution >= 4 is 27.8 Å². The van der Waals surface area contributed by atoms with Crippen molar-refractivity contribution in [3.8, 4) is 22.6 Å². The van der Waals surface area contributed by atoms with Crippen LogP contribution in [0.4, 0.5) is 0 Å². The first kappa shape index (κ1) is 23.3. The van der Waals surface area contributed by atoms with Gasteiger partial charge in [-0.05, 0) is 96.3 Å². The third-order valence-electron chi connectivity index (χ3n) is 9.77. The molecule has 4 fully saturated rings. The molecule has 2 nitrogen and oxygen atoms in total. The van der Waals surface area contributed by atoms with Crippen LogP contribution >= 0.6 is 17.2 Å². The van der Waals surface area contributed by atoms with Gasteiger partial charge >= 0.3 is 0 Å². The largest absolute Gasteiger partial charge is 0.496 e. The van der Waals surface area contributed by atoms with Crippen molar-refractivity contribution in [2.45, 2.75) is 87.4 Å². The third kappa shape index (κ3) is 3.83. The molecular weight excluding hydrogens is 454 g/mol. The number of hydrogen-bond acceptors (Lipinski definition) is 2. The molecule has 4 saturated carbocycles. The second kappa shape index (κ2) is 9.41. The van der Waals surface area contributed by atoms with Gasteiger partial charge in [-0.25, -0.2) is 0 Å². The number of hydrogen-bond donors (Lipinski definition) is 0. The van der Waals surface area contributed by atoms with E-state index in [4.69, 9.17) is 9.47 Å². The van der Waals surface area contributed by atoms with E-state index in [2.05, 4.69) is 36.4 Å². The average molecular weight is 495 g/mol. The molecule has 4 aliphatic carbocycles. The smallest absolute Gasteiger partial charge is 0.127 e. The van der Waals surface area contributed by atoms with Crippen LogP contribution < -0.4 is 20.1 Å². The molecule has 2 aromatic rings. The van der Waals surface area contributed by atoms with Crippen molar-refractivity contribution < 1.29 is 9.47 Å². The van der Waals surface area contributed by atoms with Gasteiger partial charge in [-0.15, -0.1) is 0 Å². The van der Waals surface area contributed by atoms with Gasteiger partial charge in [0, 0.05) is 11.1 Å². The molecule has 0 bridgehead atoms. The minimum atomic E-state index is 0.547. The van der Waals surface area contributed by atoms with Gasteiger partial charge in [0.25, 0.3) is 0 Å². The van der Waals surface area contributed by atoms with E-state index >= 15 is 0 Å². The Balaban J connectivity index is 1.44. The zero-order valence-electron chi connectivity index (χ0n) is 20.9. The standard InChI is InChI=1S/C30H40O2P2/c1-31-23-13-5-15-25(33-29(17-7-18-29)21-9-3-10-21)27(23)28-24(32-2)14-6-16-26(28)34-30(19-8-20-30)22-11-4-12-22/h5-6,13-16,21-22,33-34H,3-4,7-12,17-20H2,1-2H3. The second-order valence-corrected chi connectivity index (χ2v) is 14.9. The Hall–Kier alpha value is -1.10. The summed E-state index contributed by atoms with van der Waals surface area (Å²) in [4.78, 5) is 0. The first-order valence-corrected chi connectivity index (χ1v) is 15.6. The first-order chi connectivity index (χ1) is 16.7. The van der Waals surface area contributed by atoms with Gasteiger partial charge < -0.3 is 9.47 Å². The minimum absolute atomic E-state index is 0.547. The van der Waals surface area contributed by atoms with Crippen LogP contribution in [0.15, 0.2) is 36.4 Å². The molecule has 4 aliphatic rings. The highest BCUT2D eigenvalue weighted by atomic mass is 31.1. The lowest BCUT2D eigenvalue weighted by Gasteiger charge is -2.52. The molecule has 2 atom stereocenters. The van der Waals surface area contributed by atoms with E-state index in [9.17, 15) is 0 Å². The number of methoxy groups -OCH3 is 2. The van der Waals surface area contributed by atoms with Crippen LogP contribution in [-0.2, 0) is 0 Å². The van der Waals surface area contributed by atoms with E-state index in [1.54, 1.807) is 0 Å². The zero-order valence-corrected chi connectivity index (χ0v) is 22.9. The lowest BCUT2D eigenvalue weighted by molar-refractivity contribution is 0.161. The summed E-state index contributed by atoms with van der Waals surface area (Å²) in [5, 5.41) is 4.11. The topological polar surface area (TPSA) is 18.5 Å². The molecule has 0 saturated heterocycles. The fourth-order valence-electron chi connectivity index (χ4n) is 6.97. The quantitative estimate of drug-likeness (QED) is 0.338. The van der Waals surface area contributed by atoms with Gasteiger partial charge in [-0.1, -0.05) is 67.1 Å². The van der Waals surface area contributed by atoms with Gasteiger partial charge in [-0.3, -0.25) is 0 Å². The molecule has 0 aromatic heterocycles. The van der Waals surface area contributed by atoms with Gasteiger partial charge in [0.15, 0.2) is 0 Å². The summed E-state index contributed by atoms with van der Waals surface area (Å²) in [6.45, 7) is 0. The Morgan fingerprint density at radius 2 is 1.03 bits per heavy atom. The van der Waals surface area contributed by atoms with Crippen LogP contribution in [0.2, 0.25) is 0 Å². The Kier molecular flexibility index (Phi) is 6.45. The summed E-state index contributed by atoms with van der Waals surface area (Å²) in [6.07, 6.45) is 17.1. The second-order valence-electron chi connectivity index (χ2n) is 11.3. The van der Waals surface area contributed by atoms with Crippen molar-refractivity contribution in [2.24, 2.45) is 11.8 Å². The van der Waals surface area contributed by atoms with Crippen LogP contribution in [-0.4, -0.2) is 24.5 Å². The van der Waals surface area contributed by atoms with E-state index in [-0.39, 0.29) is 0 Å². The predicted octanol–water partition coefficient (Wildman–Crippen LogP) is 7.42. The molecule has 182 valence electrons. The molecule has 0 radical (unpaired) electrons. The highest BCUT2D eigenvalue weighted by Crippen LogP contribution is 2.61. The number of benzene rings is 2. The van der Waals surface area contributed by atoms with E-state index in [0.29, 0.717) is 10.3 Å². The molecule has 0 spiro atoms. The van der Waals surface area contributed by atoms with Crippen LogP contribution in [0.3, 0.4) is 0 Å². The maximum absolute atomic E-state index is 6.06. The van der Waals surface area contributed by atoms with E-state index in [0.717, 1.165) is 40.5 Å². The fraction of sp³-hybridized carbons (Fsp3) is 0.600. The Labute approximate surface area is 209 Å². The van der Waals surface area contributed by atoms with Crippen LogP contribution in [0.1, 0.15) is 77.0 Å². The Morgan fingerprint density at radius 1 is 0.618 bits per heavy atom. The highest BCUT2D eigenvalue weighted by molar-refractivity contribution is 7.50. The van der Waals surface area contributed by atoms with Crippen molar-refractivity contribution in [1.82, 2.24) is 0 Å². The van der Waals surface area contributed by atoms with E-state index in [1.165, 1.54) is 98.8 Å². The van der Waals surface area contributed by atoms with Crippen LogP contribution in [0.25, 0.3) is 11.1 Å². The van der Waals surface area contributed by atoms with Crippen LogP contribution in [0.5, 0.6) is 11.5 Å². The van der Waals surface area contributed by atoms with Gasteiger partial charge in [0.1, 0.15) is 11.5 Å². The predicted molar refractivity (Wildman–Crippen MR) is 149 cm³/mol. The molecule has 2 aromatic carbocycles. The number of ether oxygens (including phenoxy) is 2.